The fraction of sp³-hybridized carbons (Fsp3) is 0.500. The normalized spacial score (nSPS) is 16.7. The van der Waals surface area contributed by atoms with Gasteiger partial charge in [-0.25, -0.2) is 0 Å². The Morgan fingerprint density at radius 1 is 1.29 bits per heavy atom. The molecule has 1 rings (SSSR count). The summed E-state index contributed by atoms with van der Waals surface area (Å²) in [6.45, 7) is 6.83. The predicted molar refractivity (Wildman–Crippen MR) is 77.6 cm³/mol. The molecule has 0 saturated carbocycles. The molecule has 0 radical (unpaired) electrons. The van der Waals surface area contributed by atoms with E-state index in [4.69, 9.17) is 0 Å². The van der Waals surface area contributed by atoms with E-state index in [9.17, 15) is 22.8 Å². The summed E-state index contributed by atoms with van der Waals surface area (Å²) in [6, 6.07) is 5.36. The van der Waals surface area contributed by atoms with Crippen LogP contribution in [0.2, 0.25) is 0 Å². The van der Waals surface area contributed by atoms with Gasteiger partial charge in [0.15, 0.2) is 6.10 Å². The molecule has 0 aromatic heterocycles. The van der Waals surface area contributed by atoms with Crippen molar-refractivity contribution in [1.29, 1.82) is 0 Å². The number of halogens is 3. The summed E-state index contributed by atoms with van der Waals surface area (Å²) < 4.78 is 52.9. The largest absolute Gasteiger partial charge is 0.591 e. The van der Waals surface area contributed by atoms with Gasteiger partial charge in [-0.3, -0.25) is 0 Å². The molecule has 0 bridgehead atoms. The van der Waals surface area contributed by atoms with Crippen LogP contribution in [0.3, 0.4) is 0 Å². The van der Waals surface area contributed by atoms with Crippen LogP contribution in [0.1, 0.15) is 44.9 Å². The highest BCUT2D eigenvalue weighted by Gasteiger charge is 2.39. The average molecular weight is 321 g/mol. The molecule has 0 amide bonds. The summed E-state index contributed by atoms with van der Waals surface area (Å²) in [6.07, 6.45) is -7.27. The number of benzene rings is 1. The van der Waals surface area contributed by atoms with Crippen LogP contribution < -0.4 is 0 Å². The molecule has 0 aliphatic carbocycles. The Labute approximate surface area is 125 Å². The number of hydrogen-bond donors (Lipinski definition) is 1. The quantitative estimate of drug-likeness (QED) is 0.684. The molecule has 0 fully saturated rings. The molecule has 0 saturated heterocycles. The maximum atomic E-state index is 12.5. The second kappa shape index (κ2) is 6.37. The first-order valence-corrected chi connectivity index (χ1v) is 7.36. The third-order valence-electron chi connectivity index (χ3n) is 2.67. The summed E-state index contributed by atoms with van der Waals surface area (Å²) in [4.78, 5) is 0. The fourth-order valence-electron chi connectivity index (χ4n) is 1.44. The standard InChI is InChI=1S/C14H18F3NO2S/c1-9(18-21(20)13(2,3)4)10-6-5-7-11(8-10)12(19)14(15,16)17/h5-8,12,19H,1-4H3/b18-9-/t12?,21-/m1/s1. The lowest BCUT2D eigenvalue weighted by molar-refractivity contribution is -0.206. The molecular formula is C14H18F3NO2S. The van der Waals surface area contributed by atoms with Gasteiger partial charge in [0.1, 0.15) is 16.1 Å². The lowest BCUT2D eigenvalue weighted by Gasteiger charge is -2.19. The van der Waals surface area contributed by atoms with E-state index in [1.165, 1.54) is 18.2 Å². The van der Waals surface area contributed by atoms with Crippen LogP contribution in [0, 0.1) is 0 Å². The van der Waals surface area contributed by atoms with E-state index in [2.05, 4.69) is 4.40 Å². The monoisotopic (exact) mass is 321 g/mol. The Hall–Kier alpha value is -1.05. The van der Waals surface area contributed by atoms with E-state index >= 15 is 0 Å². The number of aliphatic hydroxyl groups is 1. The molecule has 21 heavy (non-hydrogen) atoms. The zero-order chi connectivity index (χ0) is 16.4. The molecule has 1 aromatic carbocycles. The first-order valence-electron chi connectivity index (χ1n) is 6.25. The highest BCUT2D eigenvalue weighted by molar-refractivity contribution is 7.91. The van der Waals surface area contributed by atoms with Crippen molar-refractivity contribution in [2.24, 2.45) is 4.40 Å². The van der Waals surface area contributed by atoms with Crippen molar-refractivity contribution in [3.8, 4) is 0 Å². The van der Waals surface area contributed by atoms with E-state index in [-0.39, 0.29) is 5.56 Å². The SMILES string of the molecule is C/C(=N/[S@+]([O-])C(C)(C)C)c1cccc(C(O)C(F)(F)F)c1. The summed E-state index contributed by atoms with van der Waals surface area (Å²) >= 11 is -1.50. The van der Waals surface area contributed by atoms with Crippen LogP contribution in [0.4, 0.5) is 13.2 Å². The number of alkyl halides is 3. The van der Waals surface area contributed by atoms with Gasteiger partial charge in [0.05, 0.1) is 5.71 Å². The van der Waals surface area contributed by atoms with Crippen LogP contribution in [-0.2, 0) is 11.4 Å². The maximum Gasteiger partial charge on any atom is 0.418 e. The first-order chi connectivity index (χ1) is 9.43. The number of aliphatic hydroxyl groups excluding tert-OH is 1. The van der Waals surface area contributed by atoms with Crippen molar-refractivity contribution in [3.05, 3.63) is 35.4 Å². The highest BCUT2D eigenvalue weighted by Crippen LogP contribution is 2.32. The molecule has 2 atom stereocenters. The van der Waals surface area contributed by atoms with Crippen molar-refractivity contribution in [2.45, 2.75) is 44.7 Å². The minimum atomic E-state index is -4.72. The molecule has 7 heteroatoms. The van der Waals surface area contributed by atoms with Gasteiger partial charge in [0, 0.05) is 5.56 Å². The van der Waals surface area contributed by atoms with Gasteiger partial charge in [0.25, 0.3) is 0 Å². The van der Waals surface area contributed by atoms with E-state index in [0.717, 1.165) is 0 Å². The Kier molecular flexibility index (Phi) is 5.46. The lowest BCUT2D eigenvalue weighted by Crippen LogP contribution is -2.26. The molecule has 0 aliphatic heterocycles. The van der Waals surface area contributed by atoms with Crippen LogP contribution in [-0.4, -0.2) is 26.3 Å². The molecule has 118 valence electrons. The predicted octanol–water partition coefficient (Wildman–Crippen LogP) is 3.55. The minimum Gasteiger partial charge on any atom is -0.591 e. The number of hydrogen-bond acceptors (Lipinski definition) is 3. The van der Waals surface area contributed by atoms with E-state index in [0.29, 0.717) is 11.3 Å². The molecule has 0 aliphatic rings. The van der Waals surface area contributed by atoms with Crippen LogP contribution in [0.15, 0.2) is 28.7 Å². The summed E-state index contributed by atoms with van der Waals surface area (Å²) in [5.41, 5.74) is 0.490. The molecule has 3 nitrogen and oxygen atoms in total. The third kappa shape index (κ3) is 5.01. The Bertz CT molecular complexity index is 524. The molecule has 1 unspecified atom stereocenters. The third-order valence-corrected chi connectivity index (χ3v) is 4.16. The van der Waals surface area contributed by atoms with Crippen molar-refractivity contribution in [3.63, 3.8) is 0 Å². The van der Waals surface area contributed by atoms with Gasteiger partial charge in [-0.2, -0.15) is 13.2 Å². The zero-order valence-electron chi connectivity index (χ0n) is 12.2. The van der Waals surface area contributed by atoms with Crippen molar-refractivity contribution < 1.29 is 22.8 Å². The van der Waals surface area contributed by atoms with Crippen LogP contribution in [0.5, 0.6) is 0 Å². The Morgan fingerprint density at radius 2 is 1.86 bits per heavy atom. The molecule has 1 aromatic rings. The van der Waals surface area contributed by atoms with Gasteiger partial charge in [0.2, 0.25) is 0 Å². The van der Waals surface area contributed by atoms with Crippen LogP contribution >= 0.6 is 0 Å². The minimum absolute atomic E-state index is 0.268. The van der Waals surface area contributed by atoms with Crippen molar-refractivity contribution >= 4 is 17.1 Å². The van der Waals surface area contributed by atoms with E-state index in [1.54, 1.807) is 33.8 Å². The van der Waals surface area contributed by atoms with Crippen LogP contribution in [0.25, 0.3) is 0 Å². The van der Waals surface area contributed by atoms with Crippen molar-refractivity contribution in [2.75, 3.05) is 0 Å². The van der Waals surface area contributed by atoms with Crippen molar-refractivity contribution in [1.82, 2.24) is 0 Å². The van der Waals surface area contributed by atoms with E-state index < -0.39 is 28.4 Å². The van der Waals surface area contributed by atoms with E-state index in [1.807, 2.05) is 0 Å². The second-order valence-corrected chi connectivity index (χ2v) is 7.51. The molecule has 0 spiro atoms. The Morgan fingerprint density at radius 3 is 2.33 bits per heavy atom. The van der Waals surface area contributed by atoms with Gasteiger partial charge in [-0.05, 0) is 39.3 Å². The lowest BCUT2D eigenvalue weighted by atomic mass is 10.0. The fourth-order valence-corrected chi connectivity index (χ4v) is 2.06. The summed E-state index contributed by atoms with van der Waals surface area (Å²) in [7, 11) is 0. The first kappa shape index (κ1) is 18.0. The smallest absolute Gasteiger partial charge is 0.418 e. The number of nitrogens with zero attached hydrogens (tertiary/aromatic N) is 1. The number of rotatable bonds is 3. The topological polar surface area (TPSA) is 55.7 Å². The van der Waals surface area contributed by atoms with Gasteiger partial charge >= 0.3 is 6.18 Å². The molecule has 0 heterocycles. The summed E-state index contributed by atoms with van der Waals surface area (Å²) in [5.74, 6) is 0. The summed E-state index contributed by atoms with van der Waals surface area (Å²) in [5, 5.41) is 9.25. The molecule has 1 N–H and O–H groups in total. The average Bonchev–Trinajstić information content (AvgIpc) is 2.35. The maximum absolute atomic E-state index is 12.5. The molecular weight excluding hydrogens is 303 g/mol. The van der Waals surface area contributed by atoms with Gasteiger partial charge < -0.3 is 9.66 Å². The van der Waals surface area contributed by atoms with Gasteiger partial charge in [-0.1, -0.05) is 22.6 Å². The zero-order valence-corrected chi connectivity index (χ0v) is 13.0. The Balaban J connectivity index is 3.08. The van der Waals surface area contributed by atoms with Gasteiger partial charge in [-0.15, -0.1) is 0 Å². The highest BCUT2D eigenvalue weighted by atomic mass is 32.2. The second-order valence-electron chi connectivity index (χ2n) is 5.61.